The third-order valence-corrected chi connectivity index (χ3v) is 5.41. The predicted octanol–water partition coefficient (Wildman–Crippen LogP) is 3.82. The van der Waals surface area contributed by atoms with Crippen molar-refractivity contribution in [2.24, 2.45) is 5.41 Å². The molecule has 0 saturated heterocycles. The monoisotopic (exact) mass is 267 g/mol. The Morgan fingerprint density at radius 2 is 2.17 bits per heavy atom. The summed E-state index contributed by atoms with van der Waals surface area (Å²) in [4.78, 5) is 1.34. The van der Waals surface area contributed by atoms with Gasteiger partial charge in [0.05, 0.1) is 12.7 Å². The third-order valence-electron chi connectivity index (χ3n) is 4.56. The van der Waals surface area contributed by atoms with Gasteiger partial charge in [-0.15, -0.1) is 11.3 Å². The molecular weight excluding hydrogens is 242 g/mol. The van der Waals surface area contributed by atoms with Crippen LogP contribution in [0.5, 0.6) is 0 Å². The first-order valence-electron chi connectivity index (χ1n) is 7.14. The van der Waals surface area contributed by atoms with Crippen molar-refractivity contribution in [1.82, 2.24) is 5.32 Å². The highest BCUT2D eigenvalue weighted by molar-refractivity contribution is 7.09. The maximum Gasteiger partial charge on any atom is 0.0813 e. The number of ether oxygens (including phenoxy) is 1. The molecule has 1 N–H and O–H groups in total. The van der Waals surface area contributed by atoms with E-state index in [1.54, 1.807) is 11.3 Å². The van der Waals surface area contributed by atoms with Gasteiger partial charge in [-0.3, -0.25) is 0 Å². The van der Waals surface area contributed by atoms with E-state index in [-0.39, 0.29) is 0 Å². The van der Waals surface area contributed by atoms with Crippen LogP contribution in [0.4, 0.5) is 0 Å². The Morgan fingerprint density at radius 3 is 2.72 bits per heavy atom. The smallest absolute Gasteiger partial charge is 0.0813 e. The molecule has 1 aliphatic rings. The number of thiophene rings is 1. The van der Waals surface area contributed by atoms with E-state index >= 15 is 0 Å². The molecule has 2 rings (SSSR count). The molecule has 1 heterocycles. The van der Waals surface area contributed by atoms with Gasteiger partial charge in [0.2, 0.25) is 0 Å². The summed E-state index contributed by atoms with van der Waals surface area (Å²) in [5.41, 5.74) is 0.354. The molecule has 1 fully saturated rings. The van der Waals surface area contributed by atoms with Gasteiger partial charge in [0.1, 0.15) is 0 Å². The zero-order valence-corrected chi connectivity index (χ0v) is 12.6. The highest BCUT2D eigenvalue weighted by atomic mass is 32.1. The molecule has 0 spiro atoms. The van der Waals surface area contributed by atoms with Crippen molar-refractivity contribution in [2.45, 2.75) is 58.8 Å². The Hall–Kier alpha value is -0.380. The normalized spacial score (nSPS) is 25.9. The first kappa shape index (κ1) is 14.0. The fourth-order valence-electron chi connectivity index (χ4n) is 3.29. The topological polar surface area (TPSA) is 21.3 Å². The van der Waals surface area contributed by atoms with Crippen LogP contribution in [-0.2, 0) is 11.3 Å². The highest BCUT2D eigenvalue weighted by Crippen LogP contribution is 2.49. The molecule has 0 bridgehead atoms. The lowest BCUT2D eigenvalue weighted by Crippen LogP contribution is -2.63. The van der Waals surface area contributed by atoms with E-state index in [4.69, 9.17) is 4.74 Å². The SMILES string of the molecule is CCNC1CC(OCc2cccs2)C1(CC)CC. The molecule has 102 valence electrons. The standard InChI is InChI=1S/C15H25NOS/c1-4-15(5-2)13(16-6-3)10-14(15)17-11-12-8-7-9-18-12/h7-9,13-14,16H,4-6,10-11H2,1-3H3. The molecule has 2 atom stereocenters. The molecule has 2 unspecified atom stereocenters. The summed E-state index contributed by atoms with van der Waals surface area (Å²) in [6.07, 6.45) is 4.01. The van der Waals surface area contributed by atoms with Crippen LogP contribution in [0, 0.1) is 5.41 Å². The zero-order chi connectivity index (χ0) is 13.0. The first-order valence-corrected chi connectivity index (χ1v) is 8.02. The van der Waals surface area contributed by atoms with Crippen LogP contribution in [0.2, 0.25) is 0 Å². The highest BCUT2D eigenvalue weighted by Gasteiger charge is 2.52. The average molecular weight is 267 g/mol. The van der Waals surface area contributed by atoms with Gasteiger partial charge in [-0.2, -0.15) is 0 Å². The Balaban J connectivity index is 1.92. The van der Waals surface area contributed by atoms with Crippen LogP contribution >= 0.6 is 11.3 Å². The van der Waals surface area contributed by atoms with Crippen molar-refractivity contribution in [3.8, 4) is 0 Å². The van der Waals surface area contributed by atoms with Gasteiger partial charge < -0.3 is 10.1 Å². The molecule has 1 aromatic rings. The minimum absolute atomic E-state index is 0.354. The summed E-state index contributed by atoms with van der Waals surface area (Å²) in [6, 6.07) is 4.90. The molecular formula is C15H25NOS. The molecule has 0 aliphatic heterocycles. The van der Waals surface area contributed by atoms with Crippen LogP contribution in [0.15, 0.2) is 17.5 Å². The zero-order valence-electron chi connectivity index (χ0n) is 11.7. The maximum absolute atomic E-state index is 6.17. The Morgan fingerprint density at radius 1 is 1.39 bits per heavy atom. The Labute approximate surface area is 115 Å². The van der Waals surface area contributed by atoms with Crippen molar-refractivity contribution in [3.05, 3.63) is 22.4 Å². The van der Waals surface area contributed by atoms with Crippen LogP contribution in [-0.4, -0.2) is 18.7 Å². The molecule has 1 aromatic heterocycles. The lowest BCUT2D eigenvalue weighted by Gasteiger charge is -2.55. The summed E-state index contributed by atoms with van der Waals surface area (Å²) in [6.45, 7) is 8.63. The fraction of sp³-hybridized carbons (Fsp3) is 0.733. The van der Waals surface area contributed by atoms with Crippen molar-refractivity contribution >= 4 is 11.3 Å². The number of hydrogen-bond donors (Lipinski definition) is 1. The largest absolute Gasteiger partial charge is 0.372 e. The summed E-state index contributed by atoms with van der Waals surface area (Å²) < 4.78 is 6.17. The van der Waals surface area contributed by atoms with Gasteiger partial charge in [0.25, 0.3) is 0 Å². The van der Waals surface area contributed by atoms with Crippen molar-refractivity contribution in [2.75, 3.05) is 6.54 Å². The maximum atomic E-state index is 6.17. The second-order valence-corrected chi connectivity index (χ2v) is 6.20. The molecule has 0 radical (unpaired) electrons. The summed E-state index contributed by atoms with van der Waals surface area (Å²) in [5, 5.41) is 5.74. The fourth-order valence-corrected chi connectivity index (χ4v) is 3.92. The van der Waals surface area contributed by atoms with Crippen LogP contribution < -0.4 is 5.32 Å². The van der Waals surface area contributed by atoms with E-state index in [1.807, 2.05) is 0 Å². The van der Waals surface area contributed by atoms with E-state index in [1.165, 1.54) is 24.1 Å². The molecule has 1 aliphatic carbocycles. The van der Waals surface area contributed by atoms with E-state index in [9.17, 15) is 0 Å². The first-order chi connectivity index (χ1) is 8.76. The number of hydrogen-bond acceptors (Lipinski definition) is 3. The van der Waals surface area contributed by atoms with Gasteiger partial charge in [-0.1, -0.05) is 26.8 Å². The lowest BCUT2D eigenvalue weighted by molar-refractivity contribution is -0.146. The van der Waals surface area contributed by atoms with Crippen molar-refractivity contribution in [1.29, 1.82) is 0 Å². The Kier molecular flexibility index (Phi) is 4.82. The van der Waals surface area contributed by atoms with Gasteiger partial charge in [0, 0.05) is 16.3 Å². The van der Waals surface area contributed by atoms with Crippen LogP contribution in [0.25, 0.3) is 0 Å². The number of rotatable bonds is 7. The number of nitrogens with one attached hydrogen (secondary N) is 1. The summed E-state index contributed by atoms with van der Waals surface area (Å²) in [5.74, 6) is 0. The summed E-state index contributed by atoms with van der Waals surface area (Å²) >= 11 is 1.79. The molecule has 3 heteroatoms. The van der Waals surface area contributed by atoms with Crippen LogP contribution in [0.3, 0.4) is 0 Å². The predicted molar refractivity (Wildman–Crippen MR) is 78.0 cm³/mol. The van der Waals surface area contributed by atoms with Gasteiger partial charge in [-0.05, 0) is 37.3 Å². The van der Waals surface area contributed by atoms with Crippen molar-refractivity contribution in [3.63, 3.8) is 0 Å². The molecule has 2 nitrogen and oxygen atoms in total. The molecule has 1 saturated carbocycles. The molecule has 18 heavy (non-hydrogen) atoms. The van der Waals surface area contributed by atoms with Crippen LogP contribution in [0.1, 0.15) is 44.9 Å². The second kappa shape index (κ2) is 6.18. The minimum atomic E-state index is 0.354. The van der Waals surface area contributed by atoms with E-state index < -0.39 is 0 Å². The van der Waals surface area contributed by atoms with E-state index in [0.717, 1.165) is 13.2 Å². The average Bonchev–Trinajstić information content (AvgIpc) is 2.87. The van der Waals surface area contributed by atoms with Gasteiger partial charge in [0.15, 0.2) is 0 Å². The second-order valence-electron chi connectivity index (χ2n) is 5.17. The van der Waals surface area contributed by atoms with E-state index in [2.05, 4.69) is 43.6 Å². The van der Waals surface area contributed by atoms with E-state index in [0.29, 0.717) is 17.6 Å². The van der Waals surface area contributed by atoms with Gasteiger partial charge in [-0.25, -0.2) is 0 Å². The minimum Gasteiger partial charge on any atom is -0.372 e. The Bertz CT molecular complexity index is 345. The molecule has 0 aromatic carbocycles. The quantitative estimate of drug-likeness (QED) is 0.811. The lowest BCUT2D eigenvalue weighted by atomic mass is 9.58. The summed E-state index contributed by atoms with van der Waals surface area (Å²) in [7, 11) is 0. The van der Waals surface area contributed by atoms with Gasteiger partial charge >= 0.3 is 0 Å². The molecule has 0 amide bonds. The van der Waals surface area contributed by atoms with Crippen molar-refractivity contribution < 1.29 is 4.74 Å². The third kappa shape index (κ3) is 2.49.